The predicted molar refractivity (Wildman–Crippen MR) is 466 cm³/mol. The number of nitrogen functional groups attached to an aromatic ring is 3. The number of halogens is 2. The number of rotatable bonds is 9. The van der Waals surface area contributed by atoms with Gasteiger partial charge >= 0.3 is 44.8 Å². The number of aliphatic hydroxyl groups excluding tert-OH is 3. The van der Waals surface area contributed by atoms with Gasteiger partial charge in [0.05, 0.1) is 122 Å². The van der Waals surface area contributed by atoms with Gasteiger partial charge in [-0.1, -0.05) is 19.7 Å². The zero-order chi connectivity index (χ0) is 98.0. The summed E-state index contributed by atoms with van der Waals surface area (Å²) in [5.41, 5.74) is 15.4. The minimum absolute atomic E-state index is 0. The lowest BCUT2D eigenvalue weighted by Gasteiger charge is -2.32. The summed E-state index contributed by atoms with van der Waals surface area (Å²) in [6.07, 6.45) is -17.7. The van der Waals surface area contributed by atoms with Gasteiger partial charge in [-0.15, -0.1) is 0 Å². The Morgan fingerprint density at radius 1 is 0.407 bits per heavy atom. The van der Waals surface area contributed by atoms with Crippen molar-refractivity contribution in [2.75, 3.05) is 83.3 Å². The van der Waals surface area contributed by atoms with Gasteiger partial charge < -0.3 is 110 Å². The van der Waals surface area contributed by atoms with E-state index in [-0.39, 0.29) is 116 Å². The largest absolute Gasteiger partial charge is 0.472 e. The van der Waals surface area contributed by atoms with Crippen LogP contribution in [0.25, 0.3) is 67.0 Å². The lowest BCUT2D eigenvalue weighted by Crippen LogP contribution is -2.45. The number of H-pyrrole nitrogens is 3. The zero-order valence-corrected chi connectivity index (χ0v) is 78.1. The number of imidazole rings is 6. The van der Waals surface area contributed by atoms with Crippen molar-refractivity contribution in [1.29, 1.82) is 0 Å². The number of nitrogens with one attached hydrogen (secondary N) is 3. The summed E-state index contributed by atoms with van der Waals surface area (Å²) in [6.45, 7) is -10.2. The number of phosphoric acid groups is 4. The predicted octanol–water partition coefficient (Wildman–Crippen LogP) is -0.0505. The lowest BCUT2D eigenvalue weighted by molar-refractivity contribution is -0.184. The van der Waals surface area contributed by atoms with Crippen molar-refractivity contribution in [3.05, 3.63) is 105 Å². The number of fused-ring (bicyclic) bond motifs is 14. The van der Waals surface area contributed by atoms with Gasteiger partial charge in [-0.05, 0) is 32.6 Å². The molecule has 22 heterocycles. The van der Waals surface area contributed by atoms with Gasteiger partial charge in [0.25, 0.3) is 16.7 Å². The minimum atomic E-state index is -5.11. The fraction of sp³-hybridized carbons (Fsp3) is 0.559. The number of alkyl halides is 2. The van der Waals surface area contributed by atoms with E-state index in [1.54, 1.807) is 13.8 Å². The van der Waals surface area contributed by atoms with Crippen molar-refractivity contribution in [2.24, 2.45) is 17.8 Å². The molecule has 17 N–H and O–H groups in total. The summed E-state index contributed by atoms with van der Waals surface area (Å²) in [5, 5.41) is 30.9. The van der Waals surface area contributed by atoms with E-state index in [1.807, 2.05) is 0 Å². The van der Waals surface area contributed by atoms with Gasteiger partial charge in [0.2, 0.25) is 0 Å². The van der Waals surface area contributed by atoms with Crippen LogP contribution < -0.4 is 33.9 Å². The lowest BCUT2D eigenvalue weighted by atomic mass is 9.99. The molecule has 30 unspecified atom stereocenters. The minimum Gasteiger partial charge on any atom is -0.396 e. The van der Waals surface area contributed by atoms with Gasteiger partial charge in [0.15, 0.2) is 118 Å². The van der Waals surface area contributed by atoms with Crippen molar-refractivity contribution in [3.8, 4) is 0 Å². The molecule has 0 aromatic carbocycles. The third kappa shape index (κ3) is 18.6. The van der Waals surface area contributed by atoms with Gasteiger partial charge in [-0.3, -0.25) is 91.5 Å². The molecule has 0 radical (unpaired) electrons. The Balaban J connectivity index is 0.000000133. The van der Waals surface area contributed by atoms with Crippen LogP contribution in [-0.4, -0.2) is 314 Å². The number of aliphatic hydroxyl groups is 3. The van der Waals surface area contributed by atoms with Crippen LogP contribution in [0.4, 0.5) is 26.2 Å². The molecule has 10 aliphatic rings. The van der Waals surface area contributed by atoms with Crippen LogP contribution in [0.3, 0.4) is 0 Å². The number of hydrogen-bond donors (Lipinski definition) is 15. The topological polar surface area (TPSA) is 822 Å². The number of phosphoric ester groups is 4. The van der Waals surface area contributed by atoms with E-state index in [4.69, 9.17) is 116 Å². The second kappa shape index (κ2) is 37.9. The molecule has 10 saturated heterocycles. The van der Waals surface area contributed by atoms with Crippen molar-refractivity contribution in [2.45, 2.75) is 157 Å². The number of hydrogen-bond acceptors (Lipinski definition) is 49. The molecule has 30 atom stereocenters. The maximum atomic E-state index is 16.1. The fourth-order valence-electron chi connectivity index (χ4n) is 17.7. The SMILES string of the molecule is C.Cc1nc2c(ncn2C2OC3COP(=O)(O)OC4C(COP(=O)(O)OC2C3CO)OC(n2cnc3c(N)ncnc32)C4F)c(=O)[nH]1.Cc1nc2c(ncn2C2OC3COP(=O)(O)OC4C5OCC4(COP(=O)(O)OC2C3CO)OC5n2cnc3c(N)ncnc32)c(=O)[nH]1.Cc1nc2c(ncn2C2OC3COP(O)(=S)OC4C(COP(=O)(S)OC2C3CO)OC(n2cnc3c(N)ncnc32)C4F)c(=O)[nH]1. The third-order valence-corrected chi connectivity index (χ3v) is 31.2. The molecule has 0 amide bonds. The summed E-state index contributed by atoms with van der Waals surface area (Å²) < 4.78 is 215. The zero-order valence-electron chi connectivity index (χ0n) is 71.1. The molecule has 72 heteroatoms. The molecular weight excluding hydrogens is 2040 g/mol. The van der Waals surface area contributed by atoms with Crippen molar-refractivity contribution in [3.63, 3.8) is 0 Å². The maximum Gasteiger partial charge on any atom is 0.472 e. The van der Waals surface area contributed by atoms with Crippen molar-refractivity contribution in [1.82, 2.24) is 117 Å². The third-order valence-electron chi connectivity index (χ3n) is 24.1. The van der Waals surface area contributed by atoms with E-state index < -0.39 is 267 Å². The van der Waals surface area contributed by atoms with Crippen LogP contribution in [-0.2, 0) is 122 Å². The average molecular weight is 2130 g/mol. The van der Waals surface area contributed by atoms with E-state index >= 15 is 8.78 Å². The smallest absolute Gasteiger partial charge is 0.396 e. The van der Waals surface area contributed by atoms with Crippen molar-refractivity contribution >= 4 is 153 Å². The second-order valence-corrected chi connectivity index (χ2v) is 44.0. The van der Waals surface area contributed by atoms with Crippen molar-refractivity contribution < 1.29 is 159 Å². The number of anilines is 3. The van der Waals surface area contributed by atoms with Crippen LogP contribution >= 0.6 is 57.1 Å². The van der Waals surface area contributed by atoms with Gasteiger partial charge in [0, 0.05) is 17.8 Å². The molecule has 0 spiro atoms. The van der Waals surface area contributed by atoms with Crippen LogP contribution in [0.15, 0.2) is 71.3 Å². The molecule has 0 aliphatic carbocycles. The first-order chi connectivity index (χ1) is 66.1. The standard InChI is InChI=1S/C23H27N9O13P2.C22H26FN9O12P2.C22H26FN9O10P2S2.CH4/c1-9-29-19-13(20(34)30-9)28-8-32(19)21-14-10(2-33)11(42-21)3-40-46(35,36)45-16-15-22(31-7-27-12-17(24)25-6-26-18(12)31)43-23(16,4-39-15)5-41-47(37,38)44-14;1-8-29-19-14(20(34)30-8)28-7-32(19)22-15-9(2-33)10(41-22)3-39-46(37,38)44-16-11(4-40-45(35,36)43-15)42-21(12(16)23)31-6-27-13-17(24)25-5-26-18(13)31;1-8-29-19-14(20(34)30-8)28-7-32(19)22-15-9(2-33)10(39-22)3-37-44(36,46)42-16-11(4-38-43(35,45)41-15)40-21(12(16)23)31-6-27-13-17(24)25-5-26-18(13)31;/h6-8,10-11,14-16,21-22,33H,2-5H2,1H3,(H,35,36)(H,37,38)(H2,24,25,26)(H,29,30,34);5-7,9-12,15-16,21-22,33H,2-4H2,1H3,(H,35,36)(H,37,38)(H2,24,25,26)(H,29,30,34);5-7,9-12,15-16,21-22,33H,2-4H2,1H3,(H,35,45)(H,36,46)(H2,24,25,26)(H,29,30,34);1H4. The number of ether oxygens (including phenoxy) is 7. The summed E-state index contributed by atoms with van der Waals surface area (Å²) in [7, 11) is -20.2. The Morgan fingerprint density at radius 2 is 0.729 bits per heavy atom. The van der Waals surface area contributed by atoms with Crippen LogP contribution in [0.2, 0.25) is 0 Å². The van der Waals surface area contributed by atoms with Gasteiger partial charge in [0.1, 0.15) is 114 Å². The number of nitrogens with zero attached hydrogens (tertiary/aromatic N) is 21. The molecule has 0 saturated carbocycles. The Labute approximate surface area is 788 Å². The highest BCUT2D eigenvalue weighted by atomic mass is 32.7. The van der Waals surface area contributed by atoms with Crippen LogP contribution in [0.5, 0.6) is 0 Å². The quantitative estimate of drug-likeness (QED) is 0.0665. The molecule has 62 nitrogen and oxygen atoms in total. The Bertz CT molecular complexity index is 7020. The number of aromatic nitrogens is 24. The average Bonchev–Trinajstić information content (AvgIpc) is 1.55. The molecule has 10 aliphatic heterocycles. The summed E-state index contributed by atoms with van der Waals surface area (Å²) in [5.74, 6) is -2.30. The number of aromatic amines is 3. The number of thiol groups is 1. The molecule has 10 fully saturated rings. The van der Waals surface area contributed by atoms with E-state index in [2.05, 4.69) is 102 Å². The summed E-state index contributed by atoms with van der Waals surface area (Å²) in [4.78, 5) is 161. The first kappa shape index (κ1) is 99.7. The van der Waals surface area contributed by atoms with E-state index in [0.29, 0.717) is 0 Å². The fourth-order valence-corrected chi connectivity index (χ4v) is 24.6. The maximum absolute atomic E-state index is 16.1. The Kier molecular flexibility index (Phi) is 27.0. The first-order valence-corrected chi connectivity index (χ1v) is 52.6. The van der Waals surface area contributed by atoms with E-state index in [9.17, 15) is 77.0 Å². The van der Waals surface area contributed by atoms with Crippen LogP contribution in [0.1, 0.15) is 62.3 Å². The van der Waals surface area contributed by atoms with Gasteiger partial charge in [-0.25, -0.2) is 106 Å². The highest BCUT2D eigenvalue weighted by molar-refractivity contribution is 8.44. The molecule has 12 aromatic heterocycles. The molecule has 8 bridgehead atoms. The summed E-state index contributed by atoms with van der Waals surface area (Å²) in [6, 6.07) is 0. The highest BCUT2D eigenvalue weighted by Crippen LogP contribution is 2.63. The normalized spacial score (nSPS) is 37.5. The Morgan fingerprint density at radius 3 is 1.13 bits per heavy atom. The molecule has 756 valence electrons. The van der Waals surface area contributed by atoms with E-state index in [0.717, 1.165) is 17.2 Å². The monoisotopic (exact) mass is 2130 g/mol. The van der Waals surface area contributed by atoms with E-state index in [1.165, 1.54) is 74.1 Å². The first-order valence-electron chi connectivity index (χ1n) is 41.3. The second-order valence-electron chi connectivity index (χ2n) is 32.7. The number of aryl methyl sites for hydroxylation is 3. The van der Waals surface area contributed by atoms with Gasteiger partial charge in [-0.2, -0.15) is 0 Å². The molecule has 12 aromatic rings. The molecular formula is C68H83F2N27O35P6S2. The number of nitrogens with two attached hydrogens (primary N) is 3. The highest BCUT2D eigenvalue weighted by Gasteiger charge is 2.67. The Hall–Kier alpha value is -8.97. The molecule has 22 rings (SSSR count). The summed E-state index contributed by atoms with van der Waals surface area (Å²) >= 11 is 9.36. The molecule has 140 heavy (non-hydrogen) atoms. The van der Waals surface area contributed by atoms with Crippen LogP contribution in [0, 0.1) is 38.5 Å².